The van der Waals surface area contributed by atoms with Crippen molar-refractivity contribution in [2.75, 3.05) is 31.2 Å². The van der Waals surface area contributed by atoms with E-state index in [-0.39, 0.29) is 37.5 Å². The fraction of sp³-hybridized carbons (Fsp3) is 0.424. The van der Waals surface area contributed by atoms with Crippen LogP contribution in [0.3, 0.4) is 0 Å². The number of hydrogen-bond donors (Lipinski definition) is 1. The molecule has 1 aromatic heterocycles. The average Bonchev–Trinajstić information content (AvgIpc) is 3.61. The summed E-state index contributed by atoms with van der Waals surface area (Å²) in [7, 11) is 0. The van der Waals surface area contributed by atoms with Gasteiger partial charge in [0.05, 0.1) is 42.7 Å². The van der Waals surface area contributed by atoms with Gasteiger partial charge in [-0.1, -0.05) is 48.6 Å². The minimum Gasteiger partial charge on any atom is -0.494 e. The molecule has 7 rings (SSSR count). The Labute approximate surface area is 260 Å². The topological polar surface area (TPSA) is 130 Å². The van der Waals surface area contributed by atoms with Crippen molar-refractivity contribution in [2.24, 2.45) is 11.8 Å². The molecule has 2 fully saturated rings. The molecule has 2 saturated heterocycles. The Bertz CT molecular complexity index is 1680. The highest BCUT2D eigenvalue weighted by molar-refractivity contribution is 6.04. The van der Waals surface area contributed by atoms with Crippen molar-refractivity contribution in [3.8, 4) is 5.75 Å². The number of benzene rings is 2. The summed E-state index contributed by atoms with van der Waals surface area (Å²) >= 11 is 0. The number of anilines is 1. The first kappa shape index (κ1) is 29.2. The van der Waals surface area contributed by atoms with Crippen LogP contribution in [-0.4, -0.2) is 97.7 Å². The van der Waals surface area contributed by atoms with Crippen LogP contribution in [0.2, 0.25) is 0 Å². The molecule has 6 atom stereocenters. The van der Waals surface area contributed by atoms with Gasteiger partial charge in [-0.25, -0.2) is 4.68 Å². The zero-order chi connectivity index (χ0) is 31.3. The van der Waals surface area contributed by atoms with Gasteiger partial charge in [0.25, 0.3) is 5.91 Å². The molecule has 234 valence electrons. The van der Waals surface area contributed by atoms with Crippen molar-refractivity contribution in [1.29, 1.82) is 0 Å². The normalized spacial score (nSPS) is 28.2. The molecule has 12 heteroatoms. The van der Waals surface area contributed by atoms with Gasteiger partial charge in [0.1, 0.15) is 29.6 Å². The van der Waals surface area contributed by atoms with Crippen LogP contribution in [0.5, 0.6) is 5.75 Å². The van der Waals surface area contributed by atoms with Crippen LogP contribution >= 0.6 is 0 Å². The number of aliphatic hydroxyl groups is 1. The second-order valence-corrected chi connectivity index (χ2v) is 11.8. The van der Waals surface area contributed by atoms with Crippen LogP contribution in [0.1, 0.15) is 20.3 Å². The van der Waals surface area contributed by atoms with Gasteiger partial charge in [0.2, 0.25) is 11.8 Å². The zero-order valence-corrected chi connectivity index (χ0v) is 25.2. The molecule has 12 nitrogen and oxygen atoms in total. The van der Waals surface area contributed by atoms with Gasteiger partial charge in [-0.3, -0.25) is 14.4 Å². The first-order valence-electron chi connectivity index (χ1n) is 15.5. The Hall–Kier alpha value is -4.55. The third-order valence-corrected chi connectivity index (χ3v) is 9.44. The first-order valence-corrected chi connectivity index (χ1v) is 15.5. The van der Waals surface area contributed by atoms with Crippen LogP contribution in [0.15, 0.2) is 72.8 Å². The number of hydrogen-bond acceptors (Lipinski definition) is 8. The Morgan fingerprint density at radius 3 is 2.58 bits per heavy atom. The van der Waals surface area contributed by atoms with E-state index in [4.69, 9.17) is 9.47 Å². The highest BCUT2D eigenvalue weighted by Gasteiger charge is 2.72. The van der Waals surface area contributed by atoms with Crippen molar-refractivity contribution in [3.05, 3.63) is 72.8 Å². The monoisotopic (exact) mass is 612 g/mol. The molecule has 3 aromatic rings. The van der Waals surface area contributed by atoms with E-state index in [1.807, 2.05) is 80.6 Å². The molecular formula is C33H36N6O6. The quantitative estimate of drug-likeness (QED) is 0.383. The molecule has 1 unspecified atom stereocenters. The second-order valence-electron chi connectivity index (χ2n) is 11.8. The van der Waals surface area contributed by atoms with Crippen molar-refractivity contribution < 1.29 is 29.0 Å². The summed E-state index contributed by atoms with van der Waals surface area (Å²) in [5.74, 6) is -2.08. The average molecular weight is 613 g/mol. The predicted molar refractivity (Wildman–Crippen MR) is 164 cm³/mol. The van der Waals surface area contributed by atoms with E-state index >= 15 is 0 Å². The Balaban J connectivity index is 1.27. The maximum absolute atomic E-state index is 14.6. The number of carbonyl (C=O) groups excluding carboxylic acids is 3. The molecule has 45 heavy (non-hydrogen) atoms. The lowest BCUT2D eigenvalue weighted by Crippen LogP contribution is -2.58. The zero-order valence-electron chi connectivity index (χ0n) is 25.2. The van der Waals surface area contributed by atoms with Crippen LogP contribution in [-0.2, 0) is 25.8 Å². The molecule has 0 saturated carbocycles. The predicted octanol–water partition coefficient (Wildman–Crippen LogP) is 2.14. The fourth-order valence-corrected chi connectivity index (χ4v) is 7.36. The van der Waals surface area contributed by atoms with E-state index in [9.17, 15) is 19.5 Å². The van der Waals surface area contributed by atoms with Gasteiger partial charge >= 0.3 is 0 Å². The highest BCUT2D eigenvalue weighted by atomic mass is 16.5. The number of carbonyl (C=O) groups is 3. The van der Waals surface area contributed by atoms with Crippen LogP contribution in [0.25, 0.3) is 11.0 Å². The smallest absolute Gasteiger partial charge is 0.250 e. The van der Waals surface area contributed by atoms with Crippen LogP contribution < -0.4 is 9.64 Å². The highest BCUT2D eigenvalue weighted by Crippen LogP contribution is 2.54. The third kappa shape index (κ3) is 4.54. The molecule has 0 radical (unpaired) electrons. The minimum atomic E-state index is -1.40. The molecule has 1 spiro atoms. The van der Waals surface area contributed by atoms with E-state index in [0.29, 0.717) is 36.5 Å². The van der Waals surface area contributed by atoms with Crippen LogP contribution in [0.4, 0.5) is 5.69 Å². The van der Waals surface area contributed by atoms with E-state index in [1.165, 1.54) is 4.90 Å². The van der Waals surface area contributed by atoms with Crippen molar-refractivity contribution in [3.63, 3.8) is 0 Å². The standard InChI is InChI=1S/C33H36N6O6/c1-3-21(19-40)39-29-32(43)36(20-38-25-10-6-5-9-24(25)34-35-38)17-8-16-33(29)28(31(39)42)27-26(45-33)11-7-18-37(30(27)41)22-12-14-23(15-13-22)44-4-2/h5-16,21,26-29,40H,3-4,17-20H2,1-2H3/t21-,26-,27+,28-,29?,33-/m0/s1. The lowest BCUT2D eigenvalue weighted by Gasteiger charge is -2.38. The molecule has 4 aliphatic rings. The largest absolute Gasteiger partial charge is 0.494 e. The van der Waals surface area contributed by atoms with Gasteiger partial charge in [-0.05, 0) is 49.7 Å². The maximum Gasteiger partial charge on any atom is 0.250 e. The lowest BCUT2D eigenvalue weighted by atomic mass is 9.77. The number of aromatic nitrogens is 3. The summed E-state index contributed by atoms with van der Waals surface area (Å²) in [5.41, 5.74) is 0.760. The van der Waals surface area contributed by atoms with E-state index < -0.39 is 35.6 Å². The number of fused-ring (bicyclic) bond motifs is 3. The van der Waals surface area contributed by atoms with Crippen LogP contribution in [0, 0.1) is 11.8 Å². The Morgan fingerprint density at radius 1 is 1.02 bits per heavy atom. The van der Waals surface area contributed by atoms with Crippen molar-refractivity contribution in [1.82, 2.24) is 24.8 Å². The maximum atomic E-state index is 14.6. The Kier molecular flexibility index (Phi) is 7.41. The van der Waals surface area contributed by atoms with E-state index in [2.05, 4.69) is 10.3 Å². The number of aliphatic hydroxyl groups excluding tert-OH is 1. The summed E-state index contributed by atoms with van der Waals surface area (Å²) in [6, 6.07) is 13.1. The number of rotatable bonds is 8. The molecule has 4 aliphatic heterocycles. The van der Waals surface area contributed by atoms with E-state index in [0.717, 1.165) is 5.52 Å². The molecule has 1 N–H and O–H groups in total. The number of nitrogens with zero attached hydrogens (tertiary/aromatic N) is 6. The number of likely N-dealkylation sites (tertiary alicyclic amines) is 1. The minimum absolute atomic E-state index is 0.107. The molecular weight excluding hydrogens is 576 g/mol. The van der Waals surface area contributed by atoms with Gasteiger partial charge in [0.15, 0.2) is 0 Å². The first-order chi connectivity index (χ1) is 21.9. The molecule has 2 aromatic carbocycles. The third-order valence-electron chi connectivity index (χ3n) is 9.44. The Morgan fingerprint density at radius 2 is 1.82 bits per heavy atom. The fourth-order valence-electron chi connectivity index (χ4n) is 7.36. The van der Waals surface area contributed by atoms with Gasteiger partial charge in [0, 0.05) is 18.8 Å². The second kappa shape index (κ2) is 11.4. The molecule has 5 heterocycles. The summed E-state index contributed by atoms with van der Waals surface area (Å²) in [4.78, 5) is 48.3. The van der Waals surface area contributed by atoms with E-state index in [1.54, 1.807) is 20.6 Å². The van der Waals surface area contributed by atoms with Gasteiger partial charge < -0.3 is 29.3 Å². The summed E-state index contributed by atoms with van der Waals surface area (Å²) in [5, 5.41) is 18.9. The molecule has 0 aliphatic carbocycles. The number of amides is 3. The van der Waals surface area contributed by atoms with Crippen molar-refractivity contribution in [2.45, 2.75) is 50.7 Å². The van der Waals surface area contributed by atoms with Crippen molar-refractivity contribution >= 4 is 34.4 Å². The SMILES string of the molecule is CCOc1ccc(N2CC=C[C@@H]3O[C@]45C=CCN(Cn6nnc7ccccc76)C(=O)C4N([C@@H](CC)CO)C(=O)[C@@H]5[C@@H]3C2=O)cc1. The number of para-hydroxylation sites is 1. The molecule has 3 amide bonds. The summed E-state index contributed by atoms with van der Waals surface area (Å²) < 4.78 is 14.0. The number of ether oxygens (including phenoxy) is 2. The van der Waals surface area contributed by atoms with Gasteiger partial charge in [-0.15, -0.1) is 5.10 Å². The lowest BCUT2D eigenvalue weighted by molar-refractivity contribution is -0.151. The molecule has 0 bridgehead atoms. The summed E-state index contributed by atoms with van der Waals surface area (Å²) in [6.45, 7) is 4.64. The summed E-state index contributed by atoms with van der Waals surface area (Å²) in [6.07, 6.45) is 7.07. The van der Waals surface area contributed by atoms with Gasteiger partial charge in [-0.2, -0.15) is 0 Å².